The number of nitrogens with one attached hydrogen (secondary N) is 2. The van der Waals surface area contributed by atoms with Gasteiger partial charge in [0.2, 0.25) is 11.8 Å². The Morgan fingerprint density at radius 2 is 1.83 bits per heavy atom. The molecule has 0 spiro atoms. The standard InChI is InChI=1S/C17H24N4O3/c1-12(22)18-14-7-4-8-15(10-14)19-16(23)13-6-5-9-21(11-13)17(24)20(2)3/h4,7-8,10,13H,5-6,9,11H2,1-3H3,(H,18,22)(H,19,23). The molecule has 0 bridgehead atoms. The lowest BCUT2D eigenvalue weighted by molar-refractivity contribution is -0.121. The molecule has 2 N–H and O–H groups in total. The van der Waals surface area contributed by atoms with Gasteiger partial charge in [0.25, 0.3) is 0 Å². The van der Waals surface area contributed by atoms with Crippen molar-refractivity contribution < 1.29 is 14.4 Å². The minimum absolute atomic E-state index is 0.0693. The van der Waals surface area contributed by atoms with E-state index in [1.54, 1.807) is 43.3 Å². The third kappa shape index (κ3) is 4.71. The number of carbonyl (C=O) groups excluding carboxylic acids is 3. The number of likely N-dealkylation sites (tertiary alicyclic amines) is 1. The van der Waals surface area contributed by atoms with Crippen LogP contribution in [-0.2, 0) is 9.59 Å². The van der Waals surface area contributed by atoms with E-state index >= 15 is 0 Å². The Hall–Kier alpha value is -2.57. The van der Waals surface area contributed by atoms with Gasteiger partial charge in [-0.25, -0.2) is 4.79 Å². The average Bonchev–Trinajstić information content (AvgIpc) is 2.53. The predicted molar refractivity (Wildman–Crippen MR) is 92.8 cm³/mol. The summed E-state index contributed by atoms with van der Waals surface area (Å²) < 4.78 is 0. The van der Waals surface area contributed by atoms with E-state index in [4.69, 9.17) is 0 Å². The van der Waals surface area contributed by atoms with Crippen LogP contribution in [0.25, 0.3) is 0 Å². The molecule has 4 amide bonds. The van der Waals surface area contributed by atoms with E-state index < -0.39 is 0 Å². The van der Waals surface area contributed by atoms with Crippen LogP contribution >= 0.6 is 0 Å². The fraction of sp³-hybridized carbons (Fsp3) is 0.471. The molecule has 1 aliphatic heterocycles. The predicted octanol–water partition coefficient (Wildman–Crippen LogP) is 1.98. The van der Waals surface area contributed by atoms with Crippen LogP contribution in [0, 0.1) is 5.92 Å². The summed E-state index contributed by atoms with van der Waals surface area (Å²) in [6, 6.07) is 6.94. The van der Waals surface area contributed by atoms with E-state index in [9.17, 15) is 14.4 Å². The van der Waals surface area contributed by atoms with Gasteiger partial charge < -0.3 is 20.4 Å². The maximum absolute atomic E-state index is 12.5. The van der Waals surface area contributed by atoms with Crippen molar-refractivity contribution in [2.24, 2.45) is 5.92 Å². The lowest BCUT2D eigenvalue weighted by Crippen LogP contribution is -2.47. The van der Waals surface area contributed by atoms with Gasteiger partial charge in [-0.05, 0) is 31.0 Å². The fourth-order valence-electron chi connectivity index (χ4n) is 2.77. The number of urea groups is 1. The van der Waals surface area contributed by atoms with Crippen LogP contribution in [0.2, 0.25) is 0 Å². The van der Waals surface area contributed by atoms with Crippen molar-refractivity contribution in [2.75, 3.05) is 37.8 Å². The van der Waals surface area contributed by atoms with Crippen molar-refractivity contribution >= 4 is 29.2 Å². The summed E-state index contributed by atoms with van der Waals surface area (Å²) in [6.07, 6.45) is 1.57. The van der Waals surface area contributed by atoms with Crippen LogP contribution in [0.4, 0.5) is 16.2 Å². The van der Waals surface area contributed by atoms with Crippen molar-refractivity contribution in [3.8, 4) is 0 Å². The molecule has 0 saturated carbocycles. The minimum Gasteiger partial charge on any atom is -0.331 e. The Bertz CT molecular complexity index is 630. The minimum atomic E-state index is -0.230. The highest BCUT2D eigenvalue weighted by molar-refractivity contribution is 5.95. The van der Waals surface area contributed by atoms with Gasteiger partial charge in [-0.2, -0.15) is 0 Å². The van der Waals surface area contributed by atoms with Crippen LogP contribution < -0.4 is 10.6 Å². The number of nitrogens with zero attached hydrogens (tertiary/aromatic N) is 2. The van der Waals surface area contributed by atoms with E-state index in [0.29, 0.717) is 24.5 Å². The first-order chi connectivity index (χ1) is 11.4. The summed E-state index contributed by atoms with van der Waals surface area (Å²) >= 11 is 0. The number of hydrogen-bond acceptors (Lipinski definition) is 3. The molecule has 1 aliphatic rings. The van der Waals surface area contributed by atoms with Gasteiger partial charge in [0.15, 0.2) is 0 Å². The summed E-state index contributed by atoms with van der Waals surface area (Å²) in [4.78, 5) is 38.9. The van der Waals surface area contributed by atoms with Gasteiger partial charge in [0, 0.05) is 45.5 Å². The highest BCUT2D eigenvalue weighted by Gasteiger charge is 2.29. The number of rotatable bonds is 3. The molecule has 1 fully saturated rings. The van der Waals surface area contributed by atoms with Crippen molar-refractivity contribution in [2.45, 2.75) is 19.8 Å². The monoisotopic (exact) mass is 332 g/mol. The third-order valence-electron chi connectivity index (χ3n) is 3.90. The Morgan fingerprint density at radius 1 is 1.17 bits per heavy atom. The normalized spacial score (nSPS) is 17.1. The molecule has 1 heterocycles. The first kappa shape index (κ1) is 17.8. The second-order valence-electron chi connectivity index (χ2n) is 6.21. The highest BCUT2D eigenvalue weighted by atomic mass is 16.2. The Labute approximate surface area is 142 Å². The summed E-state index contributed by atoms with van der Waals surface area (Å²) in [5.74, 6) is -0.498. The Morgan fingerprint density at radius 3 is 2.46 bits per heavy atom. The van der Waals surface area contributed by atoms with E-state index in [1.165, 1.54) is 11.8 Å². The van der Waals surface area contributed by atoms with Crippen LogP contribution in [0.5, 0.6) is 0 Å². The smallest absolute Gasteiger partial charge is 0.319 e. The van der Waals surface area contributed by atoms with Crippen molar-refractivity contribution in [3.05, 3.63) is 24.3 Å². The van der Waals surface area contributed by atoms with Gasteiger partial charge >= 0.3 is 6.03 Å². The van der Waals surface area contributed by atoms with Gasteiger partial charge in [-0.3, -0.25) is 9.59 Å². The summed E-state index contributed by atoms with van der Waals surface area (Å²) in [5.41, 5.74) is 1.26. The van der Waals surface area contributed by atoms with Crippen LogP contribution in [0.15, 0.2) is 24.3 Å². The third-order valence-corrected chi connectivity index (χ3v) is 3.90. The van der Waals surface area contributed by atoms with Crippen molar-refractivity contribution in [1.29, 1.82) is 0 Å². The summed E-state index contributed by atoms with van der Waals surface area (Å²) in [5, 5.41) is 5.56. The number of anilines is 2. The van der Waals surface area contributed by atoms with Gasteiger partial charge in [-0.15, -0.1) is 0 Å². The van der Waals surface area contributed by atoms with Crippen LogP contribution in [-0.4, -0.2) is 54.8 Å². The van der Waals surface area contributed by atoms with E-state index in [2.05, 4.69) is 10.6 Å². The van der Waals surface area contributed by atoms with Gasteiger partial charge in [-0.1, -0.05) is 6.07 Å². The number of amides is 4. The number of carbonyl (C=O) groups is 3. The van der Waals surface area contributed by atoms with Crippen molar-refractivity contribution in [1.82, 2.24) is 9.80 Å². The number of piperidine rings is 1. The zero-order valence-corrected chi connectivity index (χ0v) is 14.3. The summed E-state index contributed by atoms with van der Waals surface area (Å²) in [6.45, 7) is 2.54. The molecule has 0 radical (unpaired) electrons. The molecule has 0 aromatic heterocycles. The van der Waals surface area contributed by atoms with Crippen molar-refractivity contribution in [3.63, 3.8) is 0 Å². The fourth-order valence-corrected chi connectivity index (χ4v) is 2.77. The van der Waals surface area contributed by atoms with E-state index in [-0.39, 0.29) is 23.8 Å². The largest absolute Gasteiger partial charge is 0.331 e. The molecule has 130 valence electrons. The topological polar surface area (TPSA) is 81.8 Å². The SMILES string of the molecule is CC(=O)Nc1cccc(NC(=O)C2CCCN(C(=O)N(C)C)C2)c1. The number of benzene rings is 1. The Kier molecular flexibility index (Phi) is 5.78. The first-order valence-corrected chi connectivity index (χ1v) is 8.01. The zero-order valence-electron chi connectivity index (χ0n) is 14.3. The molecule has 2 rings (SSSR count). The molecular weight excluding hydrogens is 308 g/mol. The van der Waals surface area contributed by atoms with Gasteiger partial charge in [0.05, 0.1) is 5.92 Å². The maximum Gasteiger partial charge on any atom is 0.319 e. The molecule has 7 nitrogen and oxygen atoms in total. The lowest BCUT2D eigenvalue weighted by atomic mass is 9.97. The first-order valence-electron chi connectivity index (χ1n) is 8.01. The highest BCUT2D eigenvalue weighted by Crippen LogP contribution is 2.21. The molecule has 1 atom stereocenters. The second-order valence-corrected chi connectivity index (χ2v) is 6.21. The van der Waals surface area contributed by atoms with E-state index in [1.807, 2.05) is 0 Å². The maximum atomic E-state index is 12.5. The number of hydrogen-bond donors (Lipinski definition) is 2. The Balaban J connectivity index is 1.99. The molecule has 0 aliphatic carbocycles. The lowest BCUT2D eigenvalue weighted by Gasteiger charge is -2.33. The molecule has 1 unspecified atom stereocenters. The van der Waals surface area contributed by atoms with Crippen LogP contribution in [0.1, 0.15) is 19.8 Å². The molecule has 1 saturated heterocycles. The van der Waals surface area contributed by atoms with Crippen LogP contribution in [0.3, 0.4) is 0 Å². The average molecular weight is 332 g/mol. The second kappa shape index (κ2) is 7.81. The molecule has 24 heavy (non-hydrogen) atoms. The van der Waals surface area contributed by atoms with E-state index in [0.717, 1.165) is 12.8 Å². The summed E-state index contributed by atoms with van der Waals surface area (Å²) in [7, 11) is 3.42. The van der Waals surface area contributed by atoms with Gasteiger partial charge in [0.1, 0.15) is 0 Å². The quantitative estimate of drug-likeness (QED) is 0.888. The molecule has 1 aromatic carbocycles. The molecule has 7 heteroatoms. The molecular formula is C17H24N4O3. The molecule has 1 aromatic rings. The zero-order chi connectivity index (χ0) is 17.7.